The molecule has 4 aromatic rings. The smallest absolute Gasteiger partial charge is 0.0950 e. The van der Waals surface area contributed by atoms with Crippen molar-refractivity contribution in [1.82, 2.24) is 14.5 Å². The van der Waals surface area contributed by atoms with Crippen LogP contribution in [-0.2, 0) is 19.4 Å². The summed E-state index contributed by atoms with van der Waals surface area (Å²) in [5.74, 6) is 0. The van der Waals surface area contributed by atoms with E-state index in [1.807, 2.05) is 0 Å². The first-order chi connectivity index (χ1) is 14.7. The van der Waals surface area contributed by atoms with Crippen molar-refractivity contribution in [3.63, 3.8) is 0 Å². The van der Waals surface area contributed by atoms with Crippen LogP contribution in [0.25, 0.3) is 22.2 Å². The molecule has 1 saturated heterocycles. The van der Waals surface area contributed by atoms with Crippen LogP contribution in [0.3, 0.4) is 0 Å². The third-order valence-corrected chi connectivity index (χ3v) is 8.05. The molecule has 2 aromatic carbocycles. The summed E-state index contributed by atoms with van der Waals surface area (Å²) >= 11 is 1.79. The van der Waals surface area contributed by atoms with Gasteiger partial charge in [0.15, 0.2) is 0 Å². The zero-order valence-electron chi connectivity index (χ0n) is 17.6. The molecule has 0 saturated carbocycles. The molecule has 1 fully saturated rings. The van der Waals surface area contributed by atoms with E-state index < -0.39 is 0 Å². The molecule has 152 valence electrons. The molecule has 0 radical (unpaired) electrons. The van der Waals surface area contributed by atoms with E-state index in [-0.39, 0.29) is 0 Å². The number of aromatic nitrogens is 2. The molecule has 2 aromatic heterocycles. The minimum absolute atomic E-state index is 0.592. The van der Waals surface area contributed by atoms with E-state index in [9.17, 15) is 0 Å². The van der Waals surface area contributed by atoms with Gasteiger partial charge in [-0.2, -0.15) is 0 Å². The second-order valence-corrected chi connectivity index (χ2v) is 9.83. The Hall–Kier alpha value is -2.43. The molecule has 2 atom stereocenters. The third-order valence-electron chi connectivity index (χ3n) is 7.14. The van der Waals surface area contributed by atoms with Crippen LogP contribution in [0.15, 0.2) is 53.9 Å². The van der Waals surface area contributed by atoms with Crippen LogP contribution in [0.1, 0.15) is 40.7 Å². The molecule has 2 bridgehead atoms. The van der Waals surface area contributed by atoms with Gasteiger partial charge in [0.2, 0.25) is 0 Å². The first-order valence-electron chi connectivity index (χ1n) is 11.0. The Labute approximate surface area is 182 Å². The molecular formula is C26H27N3S. The highest BCUT2D eigenvalue weighted by atomic mass is 32.1. The highest BCUT2D eigenvalue weighted by Crippen LogP contribution is 2.47. The predicted octanol–water partition coefficient (Wildman–Crippen LogP) is 6.01. The molecule has 0 N–H and O–H groups in total. The summed E-state index contributed by atoms with van der Waals surface area (Å²) in [6.45, 7) is 3.23. The fourth-order valence-corrected chi connectivity index (χ4v) is 6.40. The monoisotopic (exact) mass is 413 g/mol. The van der Waals surface area contributed by atoms with Gasteiger partial charge in [-0.1, -0.05) is 42.0 Å². The summed E-state index contributed by atoms with van der Waals surface area (Å²) in [7, 11) is 2.32. The molecule has 0 aliphatic carbocycles. The quantitative estimate of drug-likeness (QED) is 0.409. The maximum Gasteiger partial charge on any atom is 0.0950 e. The van der Waals surface area contributed by atoms with Crippen molar-refractivity contribution in [3.05, 3.63) is 75.7 Å². The standard InChI is InChI=1S/C26H27N3S/c1-17-8-10-22-20(14-17)26-23-11-9-19(28(23)2)15-24(26)29(22)13-12-25-27-21(16-30-25)18-6-4-3-5-7-18/h3-8,10,14,16,19,23H,9,11-13,15H2,1-2H3. The van der Waals surface area contributed by atoms with Gasteiger partial charge in [0, 0.05) is 59.0 Å². The number of hydrogen-bond acceptors (Lipinski definition) is 3. The Balaban J connectivity index is 1.36. The lowest BCUT2D eigenvalue weighted by Crippen LogP contribution is -2.34. The molecule has 0 spiro atoms. The second-order valence-electron chi connectivity index (χ2n) is 8.89. The first-order valence-corrected chi connectivity index (χ1v) is 11.9. The lowest BCUT2D eigenvalue weighted by atomic mass is 9.97. The fourth-order valence-electron chi connectivity index (χ4n) is 5.60. The van der Waals surface area contributed by atoms with Gasteiger partial charge >= 0.3 is 0 Å². The first kappa shape index (κ1) is 18.3. The van der Waals surface area contributed by atoms with Crippen molar-refractivity contribution in [2.75, 3.05) is 7.05 Å². The van der Waals surface area contributed by atoms with Gasteiger partial charge in [-0.15, -0.1) is 11.3 Å². The fraction of sp³-hybridized carbons (Fsp3) is 0.346. The minimum atomic E-state index is 0.592. The van der Waals surface area contributed by atoms with Crippen LogP contribution >= 0.6 is 11.3 Å². The predicted molar refractivity (Wildman–Crippen MR) is 125 cm³/mol. The molecule has 2 aliphatic heterocycles. The third kappa shape index (κ3) is 2.85. The average Bonchev–Trinajstić information content (AvgIpc) is 3.41. The van der Waals surface area contributed by atoms with Gasteiger partial charge < -0.3 is 4.57 Å². The summed E-state index contributed by atoms with van der Waals surface area (Å²) in [5, 5.41) is 4.91. The molecule has 3 nitrogen and oxygen atoms in total. The molecule has 2 aliphatic rings. The maximum atomic E-state index is 4.94. The van der Waals surface area contributed by atoms with Gasteiger partial charge in [-0.05, 0) is 44.5 Å². The normalized spacial score (nSPS) is 20.7. The summed E-state index contributed by atoms with van der Waals surface area (Å²) in [6, 6.07) is 18.8. The number of benzene rings is 2. The number of hydrogen-bond donors (Lipinski definition) is 0. The lowest BCUT2D eigenvalue weighted by molar-refractivity contribution is 0.222. The second kappa shape index (κ2) is 7.07. The Bertz CT molecular complexity index is 1220. The van der Waals surface area contributed by atoms with Crippen molar-refractivity contribution in [2.45, 2.75) is 51.2 Å². The number of likely N-dealkylation sites (N-methyl/N-ethyl adjacent to an activating group) is 1. The maximum absolute atomic E-state index is 4.94. The molecule has 4 heterocycles. The largest absolute Gasteiger partial charge is 0.344 e. The Kier molecular flexibility index (Phi) is 4.32. The van der Waals surface area contributed by atoms with Crippen molar-refractivity contribution in [3.8, 4) is 11.3 Å². The van der Waals surface area contributed by atoms with Crippen LogP contribution in [0.2, 0.25) is 0 Å². The van der Waals surface area contributed by atoms with Gasteiger partial charge in [-0.25, -0.2) is 4.98 Å². The van der Waals surface area contributed by atoms with E-state index in [0.717, 1.165) is 18.7 Å². The summed E-state index contributed by atoms with van der Waals surface area (Å²) in [6.07, 6.45) is 4.81. The average molecular weight is 414 g/mol. The highest BCUT2D eigenvalue weighted by molar-refractivity contribution is 7.09. The number of nitrogens with zero attached hydrogens (tertiary/aromatic N) is 3. The number of thiazole rings is 1. The Morgan fingerprint density at radius 2 is 1.97 bits per heavy atom. The molecule has 30 heavy (non-hydrogen) atoms. The summed E-state index contributed by atoms with van der Waals surface area (Å²) in [5.41, 5.74) is 8.27. The summed E-state index contributed by atoms with van der Waals surface area (Å²) < 4.78 is 2.62. The van der Waals surface area contributed by atoms with Crippen molar-refractivity contribution < 1.29 is 0 Å². The summed E-state index contributed by atoms with van der Waals surface area (Å²) in [4.78, 5) is 7.56. The zero-order chi connectivity index (χ0) is 20.2. The molecule has 6 rings (SSSR count). The Morgan fingerprint density at radius 1 is 1.10 bits per heavy atom. The lowest BCUT2D eigenvalue weighted by Gasteiger charge is -2.32. The van der Waals surface area contributed by atoms with E-state index in [0.29, 0.717) is 12.1 Å². The van der Waals surface area contributed by atoms with Crippen molar-refractivity contribution in [1.29, 1.82) is 0 Å². The number of rotatable bonds is 4. The SMILES string of the molecule is Cc1ccc2c(c1)c1c(n2CCc2nc(-c3ccccc3)cs2)CC2CCC1N2C. The topological polar surface area (TPSA) is 21.1 Å². The highest BCUT2D eigenvalue weighted by Gasteiger charge is 2.40. The minimum Gasteiger partial charge on any atom is -0.344 e. The van der Waals surface area contributed by atoms with E-state index >= 15 is 0 Å². The van der Waals surface area contributed by atoms with Crippen LogP contribution in [0.5, 0.6) is 0 Å². The number of aryl methyl sites for hydroxylation is 3. The van der Waals surface area contributed by atoms with Crippen LogP contribution in [0, 0.1) is 6.92 Å². The van der Waals surface area contributed by atoms with Gasteiger partial charge in [0.1, 0.15) is 0 Å². The van der Waals surface area contributed by atoms with E-state index in [1.165, 1.54) is 46.3 Å². The van der Waals surface area contributed by atoms with Crippen molar-refractivity contribution in [2.24, 2.45) is 0 Å². The van der Waals surface area contributed by atoms with Gasteiger partial charge in [0.05, 0.1) is 10.7 Å². The van der Waals surface area contributed by atoms with Crippen LogP contribution < -0.4 is 0 Å². The molecule has 4 heteroatoms. The van der Waals surface area contributed by atoms with Crippen molar-refractivity contribution >= 4 is 22.2 Å². The van der Waals surface area contributed by atoms with E-state index in [4.69, 9.17) is 4.98 Å². The molecule has 0 amide bonds. The molecule has 2 unspecified atom stereocenters. The Morgan fingerprint density at radius 3 is 2.83 bits per heavy atom. The van der Waals surface area contributed by atoms with Gasteiger partial charge in [-0.3, -0.25) is 4.90 Å². The number of fused-ring (bicyclic) bond motifs is 6. The van der Waals surface area contributed by atoms with E-state index in [2.05, 4.69) is 77.3 Å². The van der Waals surface area contributed by atoms with Crippen LogP contribution in [0.4, 0.5) is 0 Å². The van der Waals surface area contributed by atoms with Gasteiger partial charge in [0.25, 0.3) is 0 Å². The zero-order valence-corrected chi connectivity index (χ0v) is 18.5. The molecular weight excluding hydrogens is 386 g/mol. The van der Waals surface area contributed by atoms with E-state index in [1.54, 1.807) is 22.6 Å². The van der Waals surface area contributed by atoms with Crippen LogP contribution in [-0.4, -0.2) is 27.5 Å².